The molecule has 0 aliphatic heterocycles. The molecule has 9 heteroatoms. The van der Waals surface area contributed by atoms with Crippen LogP contribution in [-0.4, -0.2) is 22.2 Å². The van der Waals surface area contributed by atoms with Gasteiger partial charge < -0.3 is 10.5 Å². The van der Waals surface area contributed by atoms with Crippen LogP contribution in [0.15, 0.2) is 35.6 Å². The van der Waals surface area contributed by atoms with E-state index in [2.05, 4.69) is 15.1 Å². The summed E-state index contributed by atoms with van der Waals surface area (Å²) in [5.41, 5.74) is 7.51. The lowest BCUT2D eigenvalue weighted by Gasteiger charge is -2.06. The van der Waals surface area contributed by atoms with Gasteiger partial charge in [0.25, 0.3) is 5.88 Å². The van der Waals surface area contributed by atoms with Gasteiger partial charge in [-0.25, -0.2) is 15.2 Å². The van der Waals surface area contributed by atoms with Crippen LogP contribution < -0.4 is 15.9 Å². The Morgan fingerprint density at radius 2 is 2.33 bits per heavy atom. The summed E-state index contributed by atoms with van der Waals surface area (Å²) in [5, 5.41) is 3.47. The van der Waals surface area contributed by atoms with E-state index in [1.807, 2.05) is 5.43 Å². The fourth-order valence-electron chi connectivity index (χ4n) is 1.34. The average Bonchev–Trinajstić information content (AvgIpc) is 2.43. The zero-order valence-corrected chi connectivity index (χ0v) is 11.2. The van der Waals surface area contributed by atoms with Crippen LogP contribution >= 0.6 is 11.6 Å². The monoisotopic (exact) mass is 309 g/mol. The number of aromatic nitrogens is 2. The average molecular weight is 310 g/mol. The van der Waals surface area contributed by atoms with E-state index in [1.54, 1.807) is 24.3 Å². The first kappa shape index (κ1) is 14.7. The van der Waals surface area contributed by atoms with Crippen molar-refractivity contribution in [1.82, 2.24) is 15.4 Å². The van der Waals surface area contributed by atoms with E-state index in [0.29, 0.717) is 11.3 Å². The predicted octanol–water partition coefficient (Wildman–Crippen LogP) is 2.06. The van der Waals surface area contributed by atoms with Gasteiger partial charge in [0.15, 0.2) is 0 Å². The van der Waals surface area contributed by atoms with Gasteiger partial charge in [-0.3, -0.25) is 0 Å². The second-order valence-electron chi connectivity index (χ2n) is 3.70. The molecule has 108 valence electrons. The number of nitrogens with zero attached hydrogens (tertiary/aromatic N) is 3. The standard InChI is InChI=1S/C12H9ClFN5O2/c13-11-16-6-9(14)10(18-11)21-8-3-1-2-7(4-8)5-17-19-12(15)20/h1-6H,(H3,15,19,20)/b17-5+. The van der Waals surface area contributed by atoms with Crippen molar-refractivity contribution in [2.24, 2.45) is 10.8 Å². The Labute approximate surface area is 123 Å². The first-order valence-electron chi connectivity index (χ1n) is 5.59. The number of rotatable bonds is 4. The third-order valence-electron chi connectivity index (χ3n) is 2.14. The zero-order chi connectivity index (χ0) is 15.2. The van der Waals surface area contributed by atoms with Crippen LogP contribution in [0.25, 0.3) is 0 Å². The summed E-state index contributed by atoms with van der Waals surface area (Å²) in [6, 6.07) is 5.72. The molecule has 1 heterocycles. The Morgan fingerprint density at radius 3 is 3.10 bits per heavy atom. The quantitative estimate of drug-likeness (QED) is 0.512. The summed E-state index contributed by atoms with van der Waals surface area (Å²) in [7, 11) is 0. The zero-order valence-electron chi connectivity index (χ0n) is 10.5. The Hall–Kier alpha value is -2.74. The van der Waals surface area contributed by atoms with Crippen LogP contribution in [0.2, 0.25) is 5.28 Å². The number of nitrogens with two attached hydrogens (primary N) is 1. The van der Waals surface area contributed by atoms with Gasteiger partial charge in [0.1, 0.15) is 5.75 Å². The molecule has 7 nitrogen and oxygen atoms in total. The van der Waals surface area contributed by atoms with Crippen molar-refractivity contribution < 1.29 is 13.9 Å². The predicted molar refractivity (Wildman–Crippen MR) is 73.8 cm³/mol. The van der Waals surface area contributed by atoms with Crippen molar-refractivity contribution in [1.29, 1.82) is 0 Å². The molecular formula is C12H9ClFN5O2. The van der Waals surface area contributed by atoms with E-state index >= 15 is 0 Å². The number of amides is 2. The van der Waals surface area contributed by atoms with Crippen LogP contribution in [0.5, 0.6) is 11.6 Å². The van der Waals surface area contributed by atoms with Crippen molar-refractivity contribution in [3.63, 3.8) is 0 Å². The molecule has 1 aromatic heterocycles. The van der Waals surface area contributed by atoms with Crippen LogP contribution in [0.4, 0.5) is 9.18 Å². The SMILES string of the molecule is NC(=O)N/N=C/c1cccc(Oc2nc(Cl)ncc2F)c1. The molecule has 0 bridgehead atoms. The highest BCUT2D eigenvalue weighted by Crippen LogP contribution is 2.23. The Balaban J connectivity index is 2.16. The van der Waals surface area contributed by atoms with E-state index in [-0.39, 0.29) is 11.2 Å². The number of urea groups is 1. The topological polar surface area (TPSA) is 102 Å². The minimum Gasteiger partial charge on any atom is -0.436 e. The number of benzene rings is 1. The van der Waals surface area contributed by atoms with Crippen molar-refractivity contribution in [3.8, 4) is 11.6 Å². The molecular weight excluding hydrogens is 301 g/mol. The Morgan fingerprint density at radius 1 is 1.52 bits per heavy atom. The Bertz CT molecular complexity index is 695. The van der Waals surface area contributed by atoms with Gasteiger partial charge in [-0.05, 0) is 29.3 Å². The molecule has 3 N–H and O–H groups in total. The van der Waals surface area contributed by atoms with Crippen LogP contribution in [0.1, 0.15) is 5.56 Å². The van der Waals surface area contributed by atoms with Gasteiger partial charge in [0.05, 0.1) is 12.4 Å². The van der Waals surface area contributed by atoms with Gasteiger partial charge in [-0.2, -0.15) is 14.5 Å². The number of hydrazone groups is 1. The third kappa shape index (κ3) is 4.39. The van der Waals surface area contributed by atoms with Crippen molar-refractivity contribution in [2.45, 2.75) is 0 Å². The molecule has 21 heavy (non-hydrogen) atoms. The summed E-state index contributed by atoms with van der Waals surface area (Å²) in [6.45, 7) is 0. The molecule has 0 radical (unpaired) electrons. The van der Waals surface area contributed by atoms with Gasteiger partial charge in [-0.1, -0.05) is 12.1 Å². The maximum absolute atomic E-state index is 13.5. The first-order valence-corrected chi connectivity index (χ1v) is 5.97. The molecule has 0 atom stereocenters. The highest BCUT2D eigenvalue weighted by molar-refractivity contribution is 6.28. The molecule has 0 saturated carbocycles. The maximum atomic E-state index is 13.5. The second kappa shape index (κ2) is 6.62. The normalized spacial score (nSPS) is 10.6. The lowest BCUT2D eigenvalue weighted by Crippen LogP contribution is -2.24. The maximum Gasteiger partial charge on any atom is 0.332 e. The van der Waals surface area contributed by atoms with Gasteiger partial charge >= 0.3 is 6.03 Å². The van der Waals surface area contributed by atoms with E-state index < -0.39 is 11.8 Å². The minimum atomic E-state index is -0.781. The largest absolute Gasteiger partial charge is 0.436 e. The number of hydrogen-bond acceptors (Lipinski definition) is 5. The summed E-state index contributed by atoms with van der Waals surface area (Å²) >= 11 is 5.57. The molecule has 0 aliphatic rings. The van der Waals surface area contributed by atoms with Crippen LogP contribution in [-0.2, 0) is 0 Å². The fourth-order valence-corrected chi connectivity index (χ4v) is 1.47. The van der Waals surface area contributed by atoms with E-state index in [9.17, 15) is 9.18 Å². The molecule has 2 aromatic rings. The summed E-state index contributed by atoms with van der Waals surface area (Å²) in [6.07, 6.45) is 2.26. The van der Waals surface area contributed by atoms with E-state index in [0.717, 1.165) is 6.20 Å². The molecule has 1 aromatic carbocycles. The number of halogens is 2. The van der Waals surface area contributed by atoms with Crippen molar-refractivity contribution in [2.75, 3.05) is 0 Å². The molecule has 0 saturated heterocycles. The number of hydrogen-bond donors (Lipinski definition) is 2. The van der Waals surface area contributed by atoms with Crippen LogP contribution in [0.3, 0.4) is 0 Å². The second-order valence-corrected chi connectivity index (χ2v) is 4.04. The minimum absolute atomic E-state index is 0.130. The highest BCUT2D eigenvalue weighted by atomic mass is 35.5. The van der Waals surface area contributed by atoms with Gasteiger partial charge in [0.2, 0.25) is 11.1 Å². The van der Waals surface area contributed by atoms with Gasteiger partial charge in [0, 0.05) is 0 Å². The lowest BCUT2D eigenvalue weighted by molar-refractivity contribution is 0.249. The lowest BCUT2D eigenvalue weighted by atomic mass is 10.2. The summed E-state index contributed by atoms with van der Waals surface area (Å²) < 4.78 is 18.7. The molecule has 0 aliphatic carbocycles. The number of ether oxygens (including phenoxy) is 1. The fraction of sp³-hybridized carbons (Fsp3) is 0. The van der Waals surface area contributed by atoms with Crippen LogP contribution in [0, 0.1) is 5.82 Å². The molecule has 2 amide bonds. The van der Waals surface area contributed by atoms with E-state index in [4.69, 9.17) is 22.1 Å². The smallest absolute Gasteiger partial charge is 0.332 e. The molecule has 0 fully saturated rings. The highest BCUT2D eigenvalue weighted by Gasteiger charge is 2.08. The Kier molecular flexibility index (Phi) is 4.62. The number of carbonyl (C=O) groups is 1. The third-order valence-corrected chi connectivity index (χ3v) is 2.33. The van der Waals surface area contributed by atoms with E-state index in [1.165, 1.54) is 6.21 Å². The number of nitrogens with one attached hydrogen (secondary N) is 1. The number of carbonyl (C=O) groups excluding carboxylic acids is 1. The van der Waals surface area contributed by atoms with Crippen molar-refractivity contribution >= 4 is 23.8 Å². The summed E-state index contributed by atoms with van der Waals surface area (Å²) in [4.78, 5) is 17.6. The molecule has 2 rings (SSSR count). The number of primary amides is 1. The summed E-state index contributed by atoms with van der Waals surface area (Å²) in [5.74, 6) is -0.722. The molecule has 0 spiro atoms. The first-order chi connectivity index (χ1) is 10.0. The van der Waals surface area contributed by atoms with Crippen molar-refractivity contribution in [3.05, 3.63) is 47.1 Å². The molecule has 0 unspecified atom stereocenters. The van der Waals surface area contributed by atoms with Gasteiger partial charge in [-0.15, -0.1) is 0 Å².